The fourth-order valence-corrected chi connectivity index (χ4v) is 2.47. The van der Waals surface area contributed by atoms with Gasteiger partial charge in [0.25, 0.3) is 5.91 Å². The molecule has 0 saturated carbocycles. The topological polar surface area (TPSA) is 58.6 Å². The summed E-state index contributed by atoms with van der Waals surface area (Å²) in [6, 6.07) is 11.1. The second-order valence-electron chi connectivity index (χ2n) is 5.04. The number of benzene rings is 1. The molecule has 6 nitrogen and oxygen atoms in total. The lowest BCUT2D eigenvalue weighted by atomic mass is 10.2. The highest BCUT2D eigenvalue weighted by atomic mass is 35.5. The number of nitrogens with zero attached hydrogens (tertiary/aromatic N) is 4. The maximum atomic E-state index is 12.4. The molecule has 1 aromatic carbocycles. The number of halogens is 1. The molecule has 1 amide bonds. The molecule has 0 radical (unpaired) electrons. The van der Waals surface area contributed by atoms with Gasteiger partial charge in [0.2, 0.25) is 11.8 Å². The summed E-state index contributed by atoms with van der Waals surface area (Å²) < 4.78 is 5.12. The van der Waals surface area contributed by atoms with E-state index in [1.807, 2.05) is 35.2 Å². The Hall–Kier alpha value is -2.34. The monoisotopic (exact) mass is 334 g/mol. The first-order chi connectivity index (χ1) is 10.8. The van der Waals surface area contributed by atoms with Crippen LogP contribution in [-0.4, -0.2) is 54.1 Å². The van der Waals surface area contributed by atoms with Crippen LogP contribution >= 0.6 is 12.4 Å². The Labute approximate surface area is 141 Å². The van der Waals surface area contributed by atoms with Crippen LogP contribution in [-0.2, 0) is 0 Å². The highest BCUT2D eigenvalue weighted by Gasteiger charge is 2.23. The number of piperazine rings is 1. The summed E-state index contributed by atoms with van der Waals surface area (Å²) in [6.07, 6.45) is 1.68. The second kappa shape index (κ2) is 7.78. The van der Waals surface area contributed by atoms with Crippen molar-refractivity contribution < 1.29 is 9.53 Å². The highest BCUT2D eigenvalue weighted by molar-refractivity contribution is 5.94. The van der Waals surface area contributed by atoms with E-state index in [9.17, 15) is 4.79 Å². The van der Waals surface area contributed by atoms with Gasteiger partial charge in [0.15, 0.2) is 0 Å². The predicted octanol–water partition coefficient (Wildman–Crippen LogP) is 1.87. The molecule has 0 atom stereocenters. The molecule has 0 unspecified atom stereocenters. The normalized spacial score (nSPS) is 14.1. The predicted molar refractivity (Wildman–Crippen MR) is 90.4 cm³/mol. The van der Waals surface area contributed by atoms with E-state index in [0.717, 1.165) is 5.56 Å². The smallest absolute Gasteiger partial charge is 0.253 e. The number of rotatable bonds is 3. The van der Waals surface area contributed by atoms with Crippen molar-refractivity contribution in [3.05, 3.63) is 48.2 Å². The standard InChI is InChI=1S/C16H18N4O2.ClH/c1-22-14-7-8-17-16(18-14)20-11-9-19(10-12-20)15(21)13-5-3-2-4-6-13;/h2-8H,9-12H2,1H3;1H. The molecule has 0 N–H and O–H groups in total. The van der Waals surface area contributed by atoms with Gasteiger partial charge in [0.05, 0.1) is 7.11 Å². The van der Waals surface area contributed by atoms with E-state index in [-0.39, 0.29) is 18.3 Å². The zero-order valence-electron chi connectivity index (χ0n) is 12.9. The lowest BCUT2D eigenvalue weighted by molar-refractivity contribution is 0.0746. The average Bonchev–Trinajstić information content (AvgIpc) is 2.62. The highest BCUT2D eigenvalue weighted by Crippen LogP contribution is 2.15. The van der Waals surface area contributed by atoms with E-state index in [4.69, 9.17) is 4.74 Å². The van der Waals surface area contributed by atoms with E-state index in [2.05, 4.69) is 14.9 Å². The summed E-state index contributed by atoms with van der Waals surface area (Å²) in [4.78, 5) is 24.9. The summed E-state index contributed by atoms with van der Waals surface area (Å²) in [7, 11) is 1.59. The minimum absolute atomic E-state index is 0. The number of hydrogen-bond acceptors (Lipinski definition) is 5. The van der Waals surface area contributed by atoms with Crippen molar-refractivity contribution in [1.29, 1.82) is 0 Å². The number of ether oxygens (including phenoxy) is 1. The van der Waals surface area contributed by atoms with Crippen LogP contribution in [0.15, 0.2) is 42.6 Å². The summed E-state index contributed by atoms with van der Waals surface area (Å²) in [5, 5.41) is 0. The van der Waals surface area contributed by atoms with E-state index in [0.29, 0.717) is 38.0 Å². The van der Waals surface area contributed by atoms with E-state index in [1.165, 1.54) is 0 Å². The van der Waals surface area contributed by atoms with Crippen molar-refractivity contribution in [2.45, 2.75) is 0 Å². The lowest BCUT2D eigenvalue weighted by Gasteiger charge is -2.34. The van der Waals surface area contributed by atoms with Crippen molar-refractivity contribution >= 4 is 24.3 Å². The van der Waals surface area contributed by atoms with E-state index >= 15 is 0 Å². The van der Waals surface area contributed by atoms with Crippen LogP contribution in [0.5, 0.6) is 5.88 Å². The summed E-state index contributed by atoms with van der Waals surface area (Å²) in [6.45, 7) is 2.75. The van der Waals surface area contributed by atoms with Gasteiger partial charge < -0.3 is 14.5 Å². The first-order valence-electron chi connectivity index (χ1n) is 7.24. The number of carbonyl (C=O) groups is 1. The molecule has 0 aliphatic carbocycles. The van der Waals surface area contributed by atoms with Crippen LogP contribution in [0, 0.1) is 0 Å². The van der Waals surface area contributed by atoms with E-state index in [1.54, 1.807) is 19.4 Å². The van der Waals surface area contributed by atoms with Crippen LogP contribution in [0.1, 0.15) is 10.4 Å². The van der Waals surface area contributed by atoms with Crippen LogP contribution in [0.3, 0.4) is 0 Å². The van der Waals surface area contributed by atoms with Gasteiger partial charge in [0.1, 0.15) is 0 Å². The number of methoxy groups -OCH3 is 1. The Balaban J connectivity index is 0.00000192. The third-order valence-corrected chi connectivity index (χ3v) is 3.70. The Morgan fingerprint density at radius 3 is 2.43 bits per heavy atom. The largest absolute Gasteiger partial charge is 0.481 e. The third-order valence-electron chi connectivity index (χ3n) is 3.70. The molecule has 1 aliphatic heterocycles. The summed E-state index contributed by atoms with van der Waals surface area (Å²) in [5.74, 6) is 1.27. The average molecular weight is 335 g/mol. The van der Waals surface area contributed by atoms with Crippen molar-refractivity contribution in [2.24, 2.45) is 0 Å². The second-order valence-corrected chi connectivity index (χ2v) is 5.04. The first kappa shape index (κ1) is 17.0. The maximum absolute atomic E-state index is 12.4. The van der Waals surface area contributed by atoms with Crippen LogP contribution in [0.25, 0.3) is 0 Å². The molecule has 2 aromatic rings. The molecule has 1 aliphatic rings. The zero-order chi connectivity index (χ0) is 15.4. The van der Waals surface area contributed by atoms with Crippen molar-refractivity contribution in [3.63, 3.8) is 0 Å². The number of hydrogen-bond donors (Lipinski definition) is 0. The molecule has 1 fully saturated rings. The van der Waals surface area contributed by atoms with Gasteiger partial charge in [-0.05, 0) is 12.1 Å². The molecular formula is C16H19ClN4O2. The quantitative estimate of drug-likeness (QED) is 0.857. The molecule has 1 aromatic heterocycles. The van der Waals surface area contributed by atoms with Crippen LogP contribution in [0.4, 0.5) is 5.95 Å². The third kappa shape index (κ3) is 3.90. The van der Waals surface area contributed by atoms with Crippen molar-refractivity contribution in [3.8, 4) is 5.88 Å². The van der Waals surface area contributed by atoms with Crippen LogP contribution in [0.2, 0.25) is 0 Å². The van der Waals surface area contributed by atoms with Gasteiger partial charge in [-0.3, -0.25) is 4.79 Å². The molecule has 2 heterocycles. The van der Waals surface area contributed by atoms with Gasteiger partial charge in [-0.25, -0.2) is 4.98 Å². The van der Waals surface area contributed by atoms with Gasteiger partial charge >= 0.3 is 0 Å². The number of aromatic nitrogens is 2. The Kier molecular flexibility index (Phi) is 5.76. The van der Waals surface area contributed by atoms with Gasteiger partial charge in [-0.1, -0.05) is 18.2 Å². The molecule has 7 heteroatoms. The van der Waals surface area contributed by atoms with Gasteiger partial charge in [0, 0.05) is 44.0 Å². The minimum Gasteiger partial charge on any atom is -0.481 e. The molecule has 0 spiro atoms. The number of anilines is 1. The molecular weight excluding hydrogens is 316 g/mol. The Morgan fingerprint density at radius 1 is 1.09 bits per heavy atom. The Morgan fingerprint density at radius 2 is 1.78 bits per heavy atom. The fourth-order valence-electron chi connectivity index (χ4n) is 2.47. The SMILES string of the molecule is COc1ccnc(N2CCN(C(=O)c3ccccc3)CC2)n1.Cl. The zero-order valence-corrected chi connectivity index (χ0v) is 13.7. The van der Waals surface area contributed by atoms with Crippen molar-refractivity contribution in [1.82, 2.24) is 14.9 Å². The van der Waals surface area contributed by atoms with Crippen LogP contribution < -0.4 is 9.64 Å². The molecule has 1 saturated heterocycles. The van der Waals surface area contributed by atoms with Gasteiger partial charge in [-0.15, -0.1) is 12.4 Å². The van der Waals surface area contributed by atoms with Gasteiger partial charge in [-0.2, -0.15) is 4.98 Å². The van der Waals surface area contributed by atoms with Crippen molar-refractivity contribution in [2.75, 3.05) is 38.2 Å². The number of amides is 1. The fraction of sp³-hybridized carbons (Fsp3) is 0.312. The molecule has 0 bridgehead atoms. The maximum Gasteiger partial charge on any atom is 0.253 e. The molecule has 23 heavy (non-hydrogen) atoms. The summed E-state index contributed by atoms with van der Waals surface area (Å²) in [5.41, 5.74) is 0.730. The lowest BCUT2D eigenvalue weighted by Crippen LogP contribution is -2.49. The minimum atomic E-state index is 0. The Bertz CT molecular complexity index is 646. The molecule has 122 valence electrons. The molecule has 3 rings (SSSR count). The number of carbonyl (C=O) groups excluding carboxylic acids is 1. The van der Waals surface area contributed by atoms with E-state index < -0.39 is 0 Å². The summed E-state index contributed by atoms with van der Waals surface area (Å²) >= 11 is 0. The first-order valence-corrected chi connectivity index (χ1v) is 7.24.